The number of aromatic nitrogens is 4. The fraction of sp³-hybridized carbons (Fsp3) is 0.500. The molecule has 0 fully saturated rings. The van der Waals surface area contributed by atoms with Gasteiger partial charge in [0.15, 0.2) is 0 Å². The third-order valence-electron chi connectivity index (χ3n) is 7.59. The Kier molecular flexibility index (Phi) is 9.88. The zero-order valence-electron chi connectivity index (χ0n) is 23.5. The van der Waals surface area contributed by atoms with Crippen LogP contribution in [0.4, 0.5) is 0 Å². The van der Waals surface area contributed by atoms with E-state index in [0.717, 1.165) is 88.3 Å². The molecule has 0 saturated heterocycles. The van der Waals surface area contributed by atoms with Gasteiger partial charge in [0.1, 0.15) is 22.1 Å². The van der Waals surface area contributed by atoms with Gasteiger partial charge in [-0.1, -0.05) is 53.4 Å². The van der Waals surface area contributed by atoms with E-state index in [1.165, 1.54) is 23.5 Å². The lowest BCUT2D eigenvalue weighted by atomic mass is 10.00. The second-order valence-electron chi connectivity index (χ2n) is 8.77. The number of hydrogen-bond donors (Lipinski definition) is 0. The van der Waals surface area contributed by atoms with Crippen LogP contribution in [0.25, 0.3) is 32.8 Å². The molecule has 2 aromatic heterocycles. The van der Waals surface area contributed by atoms with Crippen LogP contribution >= 0.6 is 67.0 Å². The predicted molar refractivity (Wildman–Crippen MR) is 182 cm³/mol. The fourth-order valence-electron chi connectivity index (χ4n) is 4.79. The highest BCUT2D eigenvalue weighted by molar-refractivity contribution is 8.37. The minimum atomic E-state index is -0.980. The summed E-state index contributed by atoms with van der Waals surface area (Å²) in [6.07, 6.45) is 4.26. The van der Waals surface area contributed by atoms with Crippen LogP contribution in [0.3, 0.4) is 0 Å². The van der Waals surface area contributed by atoms with E-state index in [0.29, 0.717) is 0 Å². The Morgan fingerprint density at radius 1 is 0.553 bits per heavy atom. The largest absolute Gasteiger partial charge is 0.178 e. The molecule has 204 valence electrons. The molecule has 4 rings (SSSR count). The highest BCUT2D eigenvalue weighted by atomic mass is 32.3. The molecule has 38 heavy (non-hydrogen) atoms. The van der Waals surface area contributed by atoms with Crippen molar-refractivity contribution in [3.63, 3.8) is 0 Å². The molecule has 0 atom stereocenters. The minimum Gasteiger partial charge on any atom is -0.178 e. The van der Waals surface area contributed by atoms with Crippen molar-refractivity contribution in [3.8, 4) is 22.3 Å². The third-order valence-corrected chi connectivity index (χ3v) is 18.0. The van der Waals surface area contributed by atoms with E-state index < -0.39 is 20.1 Å². The van der Waals surface area contributed by atoms with Crippen molar-refractivity contribution in [3.05, 3.63) is 11.1 Å². The van der Waals surface area contributed by atoms with Gasteiger partial charge in [0.05, 0.1) is 34.6 Å². The molecular formula is C28H36N4S6. The Morgan fingerprint density at radius 2 is 0.868 bits per heavy atom. The topological polar surface area (TPSA) is 51.6 Å². The molecule has 2 heterocycles. The quantitative estimate of drug-likeness (QED) is 0.145. The van der Waals surface area contributed by atoms with Gasteiger partial charge in [0.2, 0.25) is 0 Å². The molecule has 0 aliphatic carbocycles. The molecule has 0 aliphatic heterocycles. The van der Waals surface area contributed by atoms with E-state index >= 15 is 0 Å². The van der Waals surface area contributed by atoms with Gasteiger partial charge in [0, 0.05) is 20.6 Å². The van der Waals surface area contributed by atoms with Crippen LogP contribution in [0.15, 0.2) is 9.79 Å². The van der Waals surface area contributed by atoms with Crippen molar-refractivity contribution in [1.82, 2.24) is 17.5 Å². The lowest BCUT2D eigenvalue weighted by Gasteiger charge is -2.30. The van der Waals surface area contributed by atoms with E-state index in [2.05, 4.69) is 76.4 Å². The summed E-state index contributed by atoms with van der Waals surface area (Å²) in [5, 5.41) is 9.72. The van der Waals surface area contributed by atoms with Crippen LogP contribution in [0.5, 0.6) is 0 Å². The first-order chi connectivity index (χ1) is 18.4. The average molecular weight is 621 g/mol. The first-order valence-electron chi connectivity index (χ1n) is 13.0. The molecular weight excluding hydrogens is 585 g/mol. The zero-order valence-corrected chi connectivity index (χ0v) is 28.4. The summed E-state index contributed by atoms with van der Waals surface area (Å²) in [6.45, 7) is 13.6. The van der Waals surface area contributed by atoms with E-state index in [9.17, 15) is 0 Å². The SMILES string of the molecule is CCS(C#Cc1c(SC)c2c3nsnc3c(C#CS(CC)(CC)CC)c(SC)c2c2nsnc12)(CC)CC. The number of fused-ring (bicyclic) bond motifs is 5. The maximum Gasteiger partial charge on any atom is 0.122 e. The van der Waals surface area contributed by atoms with Crippen LogP contribution < -0.4 is 0 Å². The molecule has 0 bridgehead atoms. The molecule has 0 radical (unpaired) electrons. The van der Waals surface area contributed by atoms with Gasteiger partial charge in [-0.2, -0.15) is 37.6 Å². The van der Waals surface area contributed by atoms with E-state index in [4.69, 9.17) is 17.5 Å². The van der Waals surface area contributed by atoms with E-state index in [1.54, 1.807) is 23.5 Å². The molecule has 10 heteroatoms. The molecule has 0 aliphatic rings. The van der Waals surface area contributed by atoms with Gasteiger partial charge in [-0.3, -0.25) is 0 Å². The monoisotopic (exact) mass is 620 g/mol. The molecule has 4 aromatic rings. The summed E-state index contributed by atoms with van der Waals surface area (Å²) in [5.41, 5.74) is 5.63. The fourth-order valence-corrected chi connectivity index (χ4v) is 11.4. The average Bonchev–Trinajstić information content (AvgIpc) is 3.65. The Hall–Kier alpha value is -1.14. The molecule has 0 saturated carbocycles. The van der Waals surface area contributed by atoms with E-state index in [1.807, 2.05) is 0 Å². The van der Waals surface area contributed by atoms with Crippen LogP contribution in [0.1, 0.15) is 52.7 Å². The number of benzene rings is 2. The molecule has 0 N–H and O–H groups in total. The predicted octanol–water partition coefficient (Wildman–Crippen LogP) is 8.64. The summed E-state index contributed by atoms with van der Waals surface area (Å²) in [7, 11) is -1.96. The number of hydrogen-bond acceptors (Lipinski definition) is 8. The maximum absolute atomic E-state index is 4.85. The van der Waals surface area contributed by atoms with Crippen molar-refractivity contribution >= 4 is 99.9 Å². The van der Waals surface area contributed by atoms with Crippen molar-refractivity contribution in [2.24, 2.45) is 0 Å². The zero-order chi connectivity index (χ0) is 27.5. The molecule has 2 aromatic carbocycles. The summed E-state index contributed by atoms with van der Waals surface area (Å²) in [6, 6.07) is 0. The van der Waals surface area contributed by atoms with Crippen LogP contribution in [0, 0.1) is 22.3 Å². The Bertz CT molecular complexity index is 1450. The van der Waals surface area contributed by atoms with Gasteiger partial charge in [0.25, 0.3) is 0 Å². The minimum absolute atomic E-state index is 0.906. The standard InChI is InChI=1S/C28H36N4S6/c1-9-37(10-2,11-3)17-15-19-23-25(31-35-29-23)22-21(27(19)33-7)26-24(30-36-32-26)20(28(22)34-8)16-18-38(12-4,13-5)14-6/h9-14H2,1-8H3. The Balaban J connectivity index is 2.17. The molecule has 4 nitrogen and oxygen atoms in total. The molecule has 0 amide bonds. The number of rotatable bonds is 8. The smallest absolute Gasteiger partial charge is 0.122 e. The van der Waals surface area contributed by atoms with Gasteiger partial charge in [-0.15, -0.1) is 23.5 Å². The lowest BCUT2D eigenvalue weighted by molar-refractivity contribution is 1.36. The number of nitrogens with zero attached hydrogens (tertiary/aromatic N) is 4. The second-order valence-corrected chi connectivity index (χ2v) is 19.5. The van der Waals surface area contributed by atoms with Gasteiger partial charge in [-0.05, 0) is 57.5 Å². The van der Waals surface area contributed by atoms with Crippen LogP contribution in [-0.2, 0) is 0 Å². The maximum atomic E-state index is 4.85. The Morgan fingerprint density at radius 3 is 1.16 bits per heavy atom. The normalized spacial score (nSPS) is 12.9. The summed E-state index contributed by atoms with van der Waals surface area (Å²) in [4.78, 5) is 2.26. The first-order valence-corrected chi connectivity index (χ1v) is 21.2. The second kappa shape index (κ2) is 12.6. The highest BCUT2D eigenvalue weighted by Gasteiger charge is 2.26. The van der Waals surface area contributed by atoms with Crippen molar-refractivity contribution in [2.75, 3.05) is 47.0 Å². The van der Waals surface area contributed by atoms with Crippen molar-refractivity contribution in [2.45, 2.75) is 51.3 Å². The van der Waals surface area contributed by atoms with Crippen LogP contribution in [0.2, 0.25) is 0 Å². The van der Waals surface area contributed by atoms with Crippen molar-refractivity contribution in [1.29, 1.82) is 0 Å². The van der Waals surface area contributed by atoms with Gasteiger partial charge in [-0.25, -0.2) is 0 Å². The lowest BCUT2D eigenvalue weighted by Crippen LogP contribution is -2.06. The third kappa shape index (κ3) is 5.06. The molecule has 0 spiro atoms. The summed E-state index contributed by atoms with van der Waals surface area (Å²) in [5.74, 6) is 14.0. The summed E-state index contributed by atoms with van der Waals surface area (Å²) < 4.78 is 19.3. The van der Waals surface area contributed by atoms with E-state index in [-0.39, 0.29) is 0 Å². The first kappa shape index (κ1) is 29.8. The Labute approximate surface area is 247 Å². The van der Waals surface area contributed by atoms with Crippen LogP contribution in [-0.4, -0.2) is 64.5 Å². The van der Waals surface area contributed by atoms with Gasteiger partial charge >= 0.3 is 0 Å². The summed E-state index contributed by atoms with van der Waals surface area (Å²) >= 11 is 5.99. The van der Waals surface area contributed by atoms with Crippen molar-refractivity contribution < 1.29 is 0 Å². The highest BCUT2D eigenvalue weighted by Crippen LogP contribution is 2.49. The van der Waals surface area contributed by atoms with Gasteiger partial charge < -0.3 is 0 Å². The molecule has 0 unspecified atom stereocenters. The number of thioether (sulfide) groups is 2.